The zero-order valence-corrected chi connectivity index (χ0v) is 10.8. The van der Waals surface area contributed by atoms with Crippen molar-refractivity contribution in [1.82, 2.24) is 4.98 Å². The molecule has 0 aliphatic heterocycles. The van der Waals surface area contributed by atoms with Crippen molar-refractivity contribution < 1.29 is 0 Å². The van der Waals surface area contributed by atoms with E-state index in [0.29, 0.717) is 10.0 Å². The van der Waals surface area contributed by atoms with Gasteiger partial charge >= 0.3 is 0 Å². The predicted molar refractivity (Wildman–Crippen MR) is 72.8 cm³/mol. The molecule has 0 bridgehead atoms. The van der Waals surface area contributed by atoms with Crippen LogP contribution in [0, 0.1) is 0 Å². The Bertz CT molecular complexity index is 608. The van der Waals surface area contributed by atoms with Crippen LogP contribution in [0.5, 0.6) is 0 Å². The molecular weight excluding hydrogens is 255 g/mol. The first-order valence-corrected chi connectivity index (χ1v) is 6.48. The standard InChI is InChI=1S/C13H12Cl2N2/c14-7-5-9(15)12-11(6-7)17-10-4-2-1-3-8(10)13(12)16/h5-6H,1-4H2,(H2,16,17). The Morgan fingerprint density at radius 3 is 2.71 bits per heavy atom. The fourth-order valence-electron chi connectivity index (χ4n) is 2.51. The highest BCUT2D eigenvalue weighted by molar-refractivity contribution is 6.39. The van der Waals surface area contributed by atoms with Gasteiger partial charge in [0.2, 0.25) is 0 Å². The second-order valence-electron chi connectivity index (χ2n) is 4.44. The summed E-state index contributed by atoms with van der Waals surface area (Å²) in [7, 11) is 0. The number of nitrogen functional groups attached to an aromatic ring is 1. The highest BCUT2D eigenvalue weighted by Crippen LogP contribution is 2.36. The third kappa shape index (κ3) is 1.76. The first kappa shape index (κ1) is 11.1. The van der Waals surface area contributed by atoms with Crippen molar-refractivity contribution >= 4 is 39.8 Å². The Morgan fingerprint density at radius 2 is 1.88 bits per heavy atom. The number of rotatable bonds is 0. The quantitative estimate of drug-likeness (QED) is 0.783. The van der Waals surface area contributed by atoms with Crippen LogP contribution in [-0.4, -0.2) is 4.98 Å². The molecule has 0 saturated carbocycles. The number of nitrogens with two attached hydrogens (primary N) is 1. The number of aryl methyl sites for hydroxylation is 1. The maximum atomic E-state index is 6.22. The SMILES string of the molecule is Nc1c2c(nc3cc(Cl)cc(Cl)c13)CCCC2. The molecule has 2 N–H and O–H groups in total. The smallest absolute Gasteiger partial charge is 0.0756 e. The fraction of sp³-hybridized carbons (Fsp3) is 0.308. The van der Waals surface area contributed by atoms with Crippen molar-refractivity contribution in [3.63, 3.8) is 0 Å². The van der Waals surface area contributed by atoms with Crippen molar-refractivity contribution in [2.75, 3.05) is 5.73 Å². The molecule has 3 rings (SSSR count). The molecule has 1 aliphatic rings. The highest BCUT2D eigenvalue weighted by Gasteiger charge is 2.18. The van der Waals surface area contributed by atoms with Crippen LogP contribution in [0.4, 0.5) is 5.69 Å². The number of hydrogen-bond acceptors (Lipinski definition) is 2. The lowest BCUT2D eigenvalue weighted by Gasteiger charge is -2.19. The summed E-state index contributed by atoms with van der Waals surface area (Å²) in [6.45, 7) is 0. The van der Waals surface area contributed by atoms with Crippen molar-refractivity contribution in [2.45, 2.75) is 25.7 Å². The van der Waals surface area contributed by atoms with E-state index in [0.717, 1.165) is 35.1 Å². The number of fused-ring (bicyclic) bond motifs is 2. The lowest BCUT2D eigenvalue weighted by Crippen LogP contribution is -2.09. The van der Waals surface area contributed by atoms with Gasteiger partial charge < -0.3 is 5.73 Å². The molecule has 0 unspecified atom stereocenters. The molecule has 0 radical (unpaired) electrons. The van der Waals surface area contributed by atoms with Crippen LogP contribution in [0.25, 0.3) is 10.9 Å². The Kier molecular flexibility index (Phi) is 2.64. The van der Waals surface area contributed by atoms with Gasteiger partial charge in [-0.05, 0) is 43.4 Å². The minimum atomic E-state index is 0.589. The van der Waals surface area contributed by atoms with Gasteiger partial charge in [-0.25, -0.2) is 0 Å². The molecule has 17 heavy (non-hydrogen) atoms. The van der Waals surface area contributed by atoms with Crippen molar-refractivity contribution in [3.8, 4) is 0 Å². The zero-order chi connectivity index (χ0) is 12.0. The van der Waals surface area contributed by atoms with E-state index in [1.165, 1.54) is 18.4 Å². The summed E-state index contributed by atoms with van der Waals surface area (Å²) in [6, 6.07) is 3.55. The maximum absolute atomic E-state index is 6.22. The Hall–Kier alpha value is -0.990. The van der Waals surface area contributed by atoms with Crippen LogP contribution in [0.15, 0.2) is 12.1 Å². The van der Waals surface area contributed by atoms with E-state index in [1.54, 1.807) is 6.07 Å². The van der Waals surface area contributed by atoms with Crippen LogP contribution in [-0.2, 0) is 12.8 Å². The highest BCUT2D eigenvalue weighted by atomic mass is 35.5. The third-order valence-corrected chi connectivity index (χ3v) is 3.84. The summed E-state index contributed by atoms with van der Waals surface area (Å²) in [5.41, 5.74) is 10.1. The van der Waals surface area contributed by atoms with Gasteiger partial charge in [-0.3, -0.25) is 4.98 Å². The summed E-state index contributed by atoms with van der Waals surface area (Å²) in [5.74, 6) is 0. The van der Waals surface area contributed by atoms with Gasteiger partial charge in [0, 0.05) is 21.8 Å². The molecule has 1 aliphatic carbocycles. The Morgan fingerprint density at radius 1 is 1.12 bits per heavy atom. The number of pyridine rings is 1. The normalized spacial score (nSPS) is 14.9. The fourth-order valence-corrected chi connectivity index (χ4v) is 3.10. The van der Waals surface area contributed by atoms with Gasteiger partial charge in [0.1, 0.15) is 0 Å². The van der Waals surface area contributed by atoms with E-state index in [1.807, 2.05) is 6.07 Å². The summed E-state index contributed by atoms with van der Waals surface area (Å²) in [6.07, 6.45) is 4.36. The lowest BCUT2D eigenvalue weighted by atomic mass is 9.93. The van der Waals surface area contributed by atoms with Crippen LogP contribution in [0.1, 0.15) is 24.1 Å². The molecule has 1 aromatic carbocycles. The summed E-state index contributed by atoms with van der Waals surface area (Å²) < 4.78 is 0. The number of halogens is 2. The average molecular weight is 267 g/mol. The molecule has 1 aromatic heterocycles. The third-order valence-electron chi connectivity index (χ3n) is 3.32. The molecule has 0 fully saturated rings. The Labute approximate surface area is 110 Å². The van der Waals surface area contributed by atoms with E-state index in [9.17, 15) is 0 Å². The largest absolute Gasteiger partial charge is 0.398 e. The summed E-state index contributed by atoms with van der Waals surface area (Å²) >= 11 is 12.2. The average Bonchev–Trinajstić information content (AvgIpc) is 2.28. The van der Waals surface area contributed by atoms with Crippen LogP contribution in [0.3, 0.4) is 0 Å². The lowest BCUT2D eigenvalue weighted by molar-refractivity contribution is 0.673. The summed E-state index contributed by atoms with van der Waals surface area (Å²) in [5, 5.41) is 2.03. The molecule has 2 nitrogen and oxygen atoms in total. The molecule has 1 heterocycles. The monoisotopic (exact) mass is 266 g/mol. The van der Waals surface area contributed by atoms with Gasteiger partial charge in [-0.1, -0.05) is 23.2 Å². The van der Waals surface area contributed by atoms with Gasteiger partial charge in [0.05, 0.1) is 10.5 Å². The zero-order valence-electron chi connectivity index (χ0n) is 9.26. The second-order valence-corrected chi connectivity index (χ2v) is 5.28. The predicted octanol–water partition coefficient (Wildman–Crippen LogP) is 4.00. The van der Waals surface area contributed by atoms with E-state index in [-0.39, 0.29) is 0 Å². The first-order valence-electron chi connectivity index (χ1n) is 5.73. The molecular formula is C13H12Cl2N2. The topological polar surface area (TPSA) is 38.9 Å². The van der Waals surface area contributed by atoms with E-state index >= 15 is 0 Å². The van der Waals surface area contributed by atoms with E-state index < -0.39 is 0 Å². The first-order chi connectivity index (χ1) is 8.16. The van der Waals surface area contributed by atoms with Gasteiger partial charge in [0.15, 0.2) is 0 Å². The van der Waals surface area contributed by atoms with E-state index in [4.69, 9.17) is 28.9 Å². The maximum Gasteiger partial charge on any atom is 0.0756 e. The molecule has 2 aromatic rings. The van der Waals surface area contributed by atoms with Gasteiger partial charge in [0.25, 0.3) is 0 Å². The van der Waals surface area contributed by atoms with Gasteiger partial charge in [-0.2, -0.15) is 0 Å². The second kappa shape index (κ2) is 4.04. The van der Waals surface area contributed by atoms with Crippen molar-refractivity contribution in [2.24, 2.45) is 0 Å². The van der Waals surface area contributed by atoms with Gasteiger partial charge in [-0.15, -0.1) is 0 Å². The van der Waals surface area contributed by atoms with Crippen LogP contribution >= 0.6 is 23.2 Å². The van der Waals surface area contributed by atoms with E-state index in [2.05, 4.69) is 4.98 Å². The number of aromatic nitrogens is 1. The van der Waals surface area contributed by atoms with Crippen molar-refractivity contribution in [3.05, 3.63) is 33.4 Å². The molecule has 0 atom stereocenters. The number of anilines is 1. The number of hydrogen-bond donors (Lipinski definition) is 1. The molecule has 88 valence electrons. The Balaban J connectivity index is 2.40. The van der Waals surface area contributed by atoms with Crippen molar-refractivity contribution in [1.29, 1.82) is 0 Å². The number of nitrogens with zero attached hydrogens (tertiary/aromatic N) is 1. The van der Waals surface area contributed by atoms with Crippen LogP contribution < -0.4 is 5.73 Å². The minimum absolute atomic E-state index is 0.589. The summed E-state index contributed by atoms with van der Waals surface area (Å²) in [4.78, 5) is 4.65. The molecule has 0 amide bonds. The molecule has 0 spiro atoms. The van der Waals surface area contributed by atoms with Crippen LogP contribution in [0.2, 0.25) is 10.0 Å². The molecule has 0 saturated heterocycles. The minimum Gasteiger partial charge on any atom is -0.398 e. The molecule has 4 heteroatoms. The number of benzene rings is 1.